The van der Waals surface area contributed by atoms with Crippen LogP contribution in [-0.4, -0.2) is 51.7 Å². The van der Waals surface area contributed by atoms with Gasteiger partial charge in [-0.15, -0.1) is 0 Å². The number of nitrogens with zero attached hydrogens (tertiary/aromatic N) is 2. The number of amides is 1. The number of alkyl halides is 3. The average Bonchev–Trinajstić information content (AvgIpc) is 3.30. The molecule has 5 atom stereocenters. The SMILES string of the molecule is COC(=O)N[C@@H]1C[C@@H]2O[C@H]1[C@H]1[C@@H]2CN(c2ccc(C#N)c(C(F)(F)F)c2)S1(=O)=O. The van der Waals surface area contributed by atoms with Crippen LogP contribution in [0.3, 0.4) is 0 Å². The van der Waals surface area contributed by atoms with E-state index in [-0.39, 0.29) is 12.2 Å². The minimum Gasteiger partial charge on any atom is -0.453 e. The molecule has 4 rings (SSSR count). The van der Waals surface area contributed by atoms with E-state index in [0.29, 0.717) is 12.5 Å². The summed E-state index contributed by atoms with van der Waals surface area (Å²) in [6, 6.07) is 3.76. The van der Waals surface area contributed by atoms with Crippen molar-refractivity contribution in [1.29, 1.82) is 5.26 Å². The van der Waals surface area contributed by atoms with Gasteiger partial charge in [-0.2, -0.15) is 18.4 Å². The number of sulfonamides is 1. The van der Waals surface area contributed by atoms with Crippen LogP contribution in [0.2, 0.25) is 0 Å². The number of rotatable bonds is 2. The lowest BCUT2D eigenvalue weighted by Gasteiger charge is -2.26. The van der Waals surface area contributed by atoms with E-state index in [4.69, 9.17) is 10.00 Å². The van der Waals surface area contributed by atoms with E-state index in [9.17, 15) is 26.4 Å². The Morgan fingerprint density at radius 1 is 1.41 bits per heavy atom. The van der Waals surface area contributed by atoms with E-state index in [1.165, 1.54) is 19.2 Å². The first-order valence-electron chi connectivity index (χ1n) is 8.70. The van der Waals surface area contributed by atoms with Gasteiger partial charge in [0.15, 0.2) is 0 Å². The Bertz CT molecular complexity index is 1010. The highest BCUT2D eigenvalue weighted by atomic mass is 32.2. The van der Waals surface area contributed by atoms with E-state index in [1.54, 1.807) is 0 Å². The van der Waals surface area contributed by atoms with Crippen LogP contribution < -0.4 is 9.62 Å². The summed E-state index contributed by atoms with van der Waals surface area (Å²) in [6.07, 6.45) is -6.35. The van der Waals surface area contributed by atoms with Crippen molar-refractivity contribution in [2.75, 3.05) is 18.0 Å². The molecular weight excluding hydrogens is 415 g/mol. The molecule has 2 bridgehead atoms. The van der Waals surface area contributed by atoms with Crippen molar-refractivity contribution < 1.29 is 35.9 Å². The molecule has 29 heavy (non-hydrogen) atoms. The summed E-state index contributed by atoms with van der Waals surface area (Å²) < 4.78 is 77.3. The van der Waals surface area contributed by atoms with Gasteiger partial charge in [0, 0.05) is 12.5 Å². The molecule has 0 spiro atoms. The molecule has 3 aliphatic heterocycles. The molecule has 0 radical (unpaired) electrons. The summed E-state index contributed by atoms with van der Waals surface area (Å²) in [7, 11) is -2.86. The van der Waals surface area contributed by atoms with Crippen LogP contribution in [-0.2, 0) is 25.7 Å². The monoisotopic (exact) mass is 431 g/mol. The minimum atomic E-state index is -4.79. The van der Waals surface area contributed by atoms with E-state index < -0.39 is 62.8 Å². The van der Waals surface area contributed by atoms with Crippen LogP contribution in [0.4, 0.5) is 23.7 Å². The minimum absolute atomic E-state index is 0.0255. The Balaban J connectivity index is 1.67. The lowest BCUT2D eigenvalue weighted by atomic mass is 9.85. The molecule has 3 saturated heterocycles. The molecule has 1 aromatic rings. The number of nitrogens with one attached hydrogen (secondary N) is 1. The Morgan fingerprint density at radius 2 is 2.14 bits per heavy atom. The number of nitriles is 1. The van der Waals surface area contributed by atoms with Gasteiger partial charge in [0.05, 0.1) is 48.2 Å². The lowest BCUT2D eigenvalue weighted by Crippen LogP contribution is -2.50. The first-order valence-corrected chi connectivity index (χ1v) is 10.2. The fraction of sp³-hybridized carbons (Fsp3) is 0.529. The number of hydrogen-bond donors (Lipinski definition) is 1. The van der Waals surface area contributed by atoms with Crippen LogP contribution in [0, 0.1) is 17.2 Å². The number of carbonyl (C=O) groups excluding carboxylic acids is 1. The number of halogens is 3. The second-order valence-corrected chi connectivity index (χ2v) is 9.18. The molecule has 3 heterocycles. The summed E-state index contributed by atoms with van der Waals surface area (Å²) in [5.41, 5.74) is -1.92. The van der Waals surface area contributed by atoms with Gasteiger partial charge >= 0.3 is 12.3 Å². The standard InChI is InChI=1S/C17H16F3N3O5S/c1-27-16(24)22-12-5-13-10-7-23(29(25,26)15(10)14(12)28-13)9-3-2-8(6-21)11(4-9)17(18,19)20/h2-4,10,12-15H,5,7H2,1H3,(H,22,24)/t10-,12-,13+,14-,15-/m1/s1. The van der Waals surface area contributed by atoms with Gasteiger partial charge in [0.25, 0.3) is 0 Å². The smallest absolute Gasteiger partial charge is 0.417 e. The van der Waals surface area contributed by atoms with Gasteiger partial charge in [-0.25, -0.2) is 13.2 Å². The molecule has 0 saturated carbocycles. The fourth-order valence-electron chi connectivity index (χ4n) is 4.45. The van der Waals surface area contributed by atoms with Crippen LogP contribution in [0.5, 0.6) is 0 Å². The van der Waals surface area contributed by atoms with Crippen LogP contribution in [0.1, 0.15) is 17.5 Å². The zero-order chi connectivity index (χ0) is 21.1. The van der Waals surface area contributed by atoms with Crippen molar-refractivity contribution in [3.63, 3.8) is 0 Å². The van der Waals surface area contributed by atoms with Crippen molar-refractivity contribution in [2.45, 2.75) is 36.1 Å². The highest BCUT2D eigenvalue weighted by Gasteiger charge is 2.64. The van der Waals surface area contributed by atoms with E-state index in [1.807, 2.05) is 0 Å². The predicted molar refractivity (Wildman–Crippen MR) is 92.3 cm³/mol. The molecule has 3 fully saturated rings. The van der Waals surface area contributed by atoms with Crippen LogP contribution in [0.25, 0.3) is 0 Å². The molecule has 0 unspecified atom stereocenters. The Morgan fingerprint density at radius 3 is 2.76 bits per heavy atom. The van der Waals surface area contributed by atoms with E-state index in [2.05, 4.69) is 10.1 Å². The van der Waals surface area contributed by atoms with Crippen molar-refractivity contribution in [2.24, 2.45) is 5.92 Å². The van der Waals surface area contributed by atoms with Gasteiger partial charge in [0.1, 0.15) is 5.25 Å². The molecular formula is C17H16F3N3O5S. The molecule has 1 N–H and O–H groups in total. The quantitative estimate of drug-likeness (QED) is 0.762. The highest BCUT2D eigenvalue weighted by molar-refractivity contribution is 7.93. The Kier molecular flexibility index (Phi) is 4.43. The summed E-state index contributed by atoms with van der Waals surface area (Å²) in [5, 5.41) is 10.5. The van der Waals surface area contributed by atoms with E-state index >= 15 is 0 Å². The normalized spacial score (nSPS) is 32.0. The number of alkyl carbamates (subject to hydrolysis) is 1. The topological polar surface area (TPSA) is 109 Å². The number of carbonyl (C=O) groups is 1. The molecule has 3 aliphatic rings. The maximum absolute atomic E-state index is 13.3. The number of ether oxygens (including phenoxy) is 2. The molecule has 1 amide bonds. The number of hydrogen-bond acceptors (Lipinski definition) is 6. The molecule has 12 heteroatoms. The van der Waals surface area contributed by atoms with Crippen LogP contribution in [0.15, 0.2) is 18.2 Å². The first-order chi connectivity index (χ1) is 13.6. The molecule has 156 valence electrons. The maximum Gasteiger partial charge on any atom is 0.417 e. The lowest BCUT2D eigenvalue weighted by molar-refractivity contribution is -0.137. The van der Waals surface area contributed by atoms with E-state index in [0.717, 1.165) is 10.4 Å². The van der Waals surface area contributed by atoms with Gasteiger partial charge in [-0.05, 0) is 24.6 Å². The third-order valence-corrected chi connectivity index (χ3v) is 7.95. The summed E-state index contributed by atoms with van der Waals surface area (Å²) in [4.78, 5) is 11.5. The molecule has 0 aromatic heterocycles. The van der Waals surface area contributed by atoms with Crippen molar-refractivity contribution in [1.82, 2.24) is 5.32 Å². The Hall–Kier alpha value is -2.52. The van der Waals surface area contributed by atoms with Crippen molar-refractivity contribution >= 4 is 21.8 Å². The number of methoxy groups -OCH3 is 1. The summed E-state index contributed by atoms with van der Waals surface area (Å²) in [5.74, 6) is -0.425. The van der Waals surface area contributed by atoms with Gasteiger partial charge in [-0.3, -0.25) is 4.31 Å². The van der Waals surface area contributed by atoms with Gasteiger partial charge < -0.3 is 14.8 Å². The third kappa shape index (κ3) is 3.00. The highest BCUT2D eigenvalue weighted by Crippen LogP contribution is 2.49. The molecule has 1 aromatic carbocycles. The van der Waals surface area contributed by atoms with Crippen molar-refractivity contribution in [3.8, 4) is 6.07 Å². The average molecular weight is 431 g/mol. The Labute approximate surface area is 164 Å². The van der Waals surface area contributed by atoms with Gasteiger partial charge in [0.2, 0.25) is 10.0 Å². The number of anilines is 1. The number of benzene rings is 1. The second kappa shape index (κ2) is 6.50. The van der Waals surface area contributed by atoms with Gasteiger partial charge in [-0.1, -0.05) is 0 Å². The largest absolute Gasteiger partial charge is 0.453 e. The van der Waals surface area contributed by atoms with Crippen molar-refractivity contribution in [3.05, 3.63) is 29.3 Å². The summed E-state index contributed by atoms with van der Waals surface area (Å²) in [6.45, 7) is -0.0255. The third-order valence-electron chi connectivity index (χ3n) is 5.67. The van der Waals surface area contributed by atoms with Crippen LogP contribution >= 0.6 is 0 Å². The first kappa shape index (κ1) is 19.8. The second-order valence-electron chi connectivity index (χ2n) is 7.16. The molecule has 8 nitrogen and oxygen atoms in total. The fourth-order valence-corrected chi connectivity index (χ4v) is 6.83. The summed E-state index contributed by atoms with van der Waals surface area (Å²) >= 11 is 0. The maximum atomic E-state index is 13.3. The number of fused-ring (bicyclic) bond motifs is 5. The molecule has 0 aliphatic carbocycles. The zero-order valence-electron chi connectivity index (χ0n) is 15.0. The predicted octanol–water partition coefficient (Wildman–Crippen LogP) is 1.61. The zero-order valence-corrected chi connectivity index (χ0v) is 15.8.